The molecule has 5 atom stereocenters. The average Bonchev–Trinajstić information content (AvgIpc) is 2.90. The van der Waals surface area contributed by atoms with E-state index in [2.05, 4.69) is 43.3 Å². The summed E-state index contributed by atoms with van der Waals surface area (Å²) in [7, 11) is 1.79. The molecule has 0 aromatic carbocycles. The normalized spacial score (nSPS) is 30.9. The molecule has 8 nitrogen and oxygen atoms in total. The van der Waals surface area contributed by atoms with Gasteiger partial charge in [0, 0.05) is 6.20 Å². The van der Waals surface area contributed by atoms with Gasteiger partial charge in [0.05, 0.1) is 42.0 Å². The number of hydrogen-bond donors (Lipinski definition) is 2. The monoisotopic (exact) mass is 615 g/mol. The number of rotatable bonds is 5. The van der Waals surface area contributed by atoms with Gasteiger partial charge in [-0.1, -0.05) is 27.7 Å². The quantitative estimate of drug-likeness (QED) is 0.383. The van der Waals surface area contributed by atoms with Crippen molar-refractivity contribution >= 4 is 5.97 Å². The molecule has 2 fully saturated rings. The number of esters is 1. The van der Waals surface area contributed by atoms with Crippen LogP contribution in [-0.4, -0.2) is 68.3 Å². The van der Waals surface area contributed by atoms with Gasteiger partial charge in [0.15, 0.2) is 12.4 Å². The SMILES string of the molecule is CN[C@H]1C[C@@H](C)O[C@@H](OC2C(C)(C)CCCNCCCCOC(=O)C(C)(C)CC2(C)C)[C@@H]1Oc1cncc(C(F)(F)F)c1. The van der Waals surface area contributed by atoms with E-state index in [0.717, 1.165) is 51.0 Å². The lowest BCUT2D eigenvalue weighted by Crippen LogP contribution is -2.59. The van der Waals surface area contributed by atoms with Gasteiger partial charge in [-0.05, 0) is 96.3 Å². The number of halogens is 3. The minimum Gasteiger partial charge on any atom is -0.482 e. The van der Waals surface area contributed by atoms with Gasteiger partial charge in [0.25, 0.3) is 0 Å². The highest BCUT2D eigenvalue weighted by molar-refractivity contribution is 5.76. The van der Waals surface area contributed by atoms with Crippen molar-refractivity contribution in [1.82, 2.24) is 15.6 Å². The van der Waals surface area contributed by atoms with Gasteiger partial charge >= 0.3 is 12.1 Å². The Kier molecular flexibility index (Phi) is 11.9. The Balaban J connectivity index is 1.98. The third-order valence-electron chi connectivity index (χ3n) is 8.60. The number of nitrogens with one attached hydrogen (secondary N) is 2. The van der Waals surface area contributed by atoms with E-state index in [-0.39, 0.29) is 29.3 Å². The molecule has 1 unspecified atom stereocenters. The summed E-state index contributed by atoms with van der Waals surface area (Å²) in [5, 5.41) is 6.74. The molecule has 0 amide bonds. The second-order valence-corrected chi connectivity index (χ2v) is 14.2. The third-order valence-corrected chi connectivity index (χ3v) is 8.60. The van der Waals surface area contributed by atoms with Crippen molar-refractivity contribution in [2.45, 2.75) is 124 Å². The van der Waals surface area contributed by atoms with Crippen molar-refractivity contribution in [1.29, 1.82) is 0 Å². The van der Waals surface area contributed by atoms with Gasteiger partial charge in [-0.3, -0.25) is 9.78 Å². The summed E-state index contributed by atoms with van der Waals surface area (Å²) in [5.74, 6) is -0.252. The van der Waals surface area contributed by atoms with Crippen LogP contribution in [0.25, 0.3) is 0 Å². The summed E-state index contributed by atoms with van der Waals surface area (Å²) < 4.78 is 65.6. The summed E-state index contributed by atoms with van der Waals surface area (Å²) in [5.41, 5.74) is -2.54. The van der Waals surface area contributed by atoms with Crippen LogP contribution < -0.4 is 15.4 Å². The molecule has 1 aromatic rings. The molecule has 11 heteroatoms. The summed E-state index contributed by atoms with van der Waals surface area (Å²) in [6.45, 7) is 16.4. The van der Waals surface area contributed by atoms with Gasteiger partial charge in [0.1, 0.15) is 5.75 Å². The number of nitrogens with zero attached hydrogens (tertiary/aromatic N) is 1. The number of likely N-dealkylation sites (N-methyl/N-ethyl adjacent to an activating group) is 1. The molecule has 2 saturated heterocycles. The first-order valence-corrected chi connectivity index (χ1v) is 15.5. The smallest absolute Gasteiger partial charge is 0.418 e. The van der Waals surface area contributed by atoms with E-state index in [4.69, 9.17) is 18.9 Å². The maximum absolute atomic E-state index is 13.5. The van der Waals surface area contributed by atoms with E-state index >= 15 is 0 Å². The zero-order valence-electron chi connectivity index (χ0n) is 27.1. The lowest BCUT2D eigenvalue weighted by molar-refractivity contribution is -0.285. The van der Waals surface area contributed by atoms with Gasteiger partial charge in [-0.25, -0.2) is 0 Å². The first-order valence-electron chi connectivity index (χ1n) is 15.5. The molecule has 0 bridgehead atoms. The van der Waals surface area contributed by atoms with Crippen LogP contribution in [0.1, 0.15) is 92.6 Å². The molecule has 2 aliphatic heterocycles. The number of carbonyl (C=O) groups excluding carboxylic acids is 1. The van der Waals surface area contributed by atoms with Crippen molar-refractivity contribution in [3.05, 3.63) is 24.0 Å². The molecule has 1 aromatic heterocycles. The molecule has 2 N–H and O–H groups in total. The van der Waals surface area contributed by atoms with Crippen LogP contribution in [0.3, 0.4) is 0 Å². The molecular weight excluding hydrogens is 563 g/mol. The zero-order valence-corrected chi connectivity index (χ0v) is 27.1. The lowest BCUT2D eigenvalue weighted by Gasteiger charge is -2.50. The Labute approximate surface area is 255 Å². The maximum Gasteiger partial charge on any atom is 0.418 e. The fourth-order valence-electron chi connectivity index (χ4n) is 6.87. The van der Waals surface area contributed by atoms with E-state index in [0.29, 0.717) is 19.4 Å². The van der Waals surface area contributed by atoms with Crippen molar-refractivity contribution in [2.24, 2.45) is 16.2 Å². The summed E-state index contributed by atoms with van der Waals surface area (Å²) in [4.78, 5) is 17.0. The van der Waals surface area contributed by atoms with E-state index in [9.17, 15) is 18.0 Å². The Bertz CT molecular complexity index is 1050. The lowest BCUT2D eigenvalue weighted by atomic mass is 9.64. The highest BCUT2D eigenvalue weighted by atomic mass is 19.4. The van der Waals surface area contributed by atoms with Crippen LogP contribution in [0.4, 0.5) is 13.2 Å². The summed E-state index contributed by atoms with van der Waals surface area (Å²) in [6, 6.07) is 0.695. The van der Waals surface area contributed by atoms with E-state index < -0.39 is 41.1 Å². The minimum atomic E-state index is -4.55. The third kappa shape index (κ3) is 9.77. The highest BCUT2D eigenvalue weighted by Gasteiger charge is 2.50. The van der Waals surface area contributed by atoms with Crippen LogP contribution in [0.2, 0.25) is 0 Å². The van der Waals surface area contributed by atoms with Crippen molar-refractivity contribution in [3.8, 4) is 5.75 Å². The molecule has 0 radical (unpaired) electrons. The molecule has 0 aliphatic carbocycles. The predicted molar refractivity (Wildman–Crippen MR) is 159 cm³/mol. The Morgan fingerprint density at radius 1 is 1.05 bits per heavy atom. The predicted octanol–water partition coefficient (Wildman–Crippen LogP) is 6.13. The van der Waals surface area contributed by atoms with Crippen LogP contribution in [0.15, 0.2) is 18.5 Å². The Morgan fingerprint density at radius 2 is 1.74 bits per heavy atom. The number of pyridine rings is 1. The second-order valence-electron chi connectivity index (χ2n) is 14.2. The number of alkyl halides is 3. The van der Waals surface area contributed by atoms with Crippen LogP contribution >= 0.6 is 0 Å². The van der Waals surface area contributed by atoms with E-state index in [1.165, 1.54) is 6.20 Å². The van der Waals surface area contributed by atoms with Crippen molar-refractivity contribution < 1.29 is 36.9 Å². The van der Waals surface area contributed by atoms with Crippen LogP contribution in [0, 0.1) is 16.2 Å². The first-order chi connectivity index (χ1) is 20.0. The van der Waals surface area contributed by atoms with E-state index in [1.54, 1.807) is 7.05 Å². The Morgan fingerprint density at radius 3 is 2.42 bits per heavy atom. The molecule has 43 heavy (non-hydrogen) atoms. The van der Waals surface area contributed by atoms with Gasteiger partial charge < -0.3 is 29.6 Å². The molecule has 3 rings (SSSR count). The van der Waals surface area contributed by atoms with E-state index in [1.807, 2.05) is 20.8 Å². The summed E-state index contributed by atoms with van der Waals surface area (Å²) in [6.07, 6.45) is -0.159. The molecule has 0 saturated carbocycles. The number of cyclic esters (lactones) is 1. The van der Waals surface area contributed by atoms with Crippen molar-refractivity contribution in [3.63, 3.8) is 0 Å². The fraction of sp³-hybridized carbons (Fsp3) is 0.812. The topological polar surface area (TPSA) is 90.9 Å². The summed E-state index contributed by atoms with van der Waals surface area (Å²) >= 11 is 0. The second kappa shape index (κ2) is 14.4. The molecular formula is C32H52F3N3O5. The molecule has 0 spiro atoms. The van der Waals surface area contributed by atoms with Gasteiger partial charge in [0.2, 0.25) is 0 Å². The minimum absolute atomic E-state index is 0.0117. The molecule has 3 heterocycles. The standard InChI is InChI=1S/C32H52F3N3O5/c1-21-16-24(36-8)25(42-23-17-22(18-38-19-23)32(33,34)35)26(41-21)43-27-29(2,3)12-11-14-37-13-9-10-15-40-28(39)31(6,7)20-30(27,4)5/h17-19,21,24-27,36-37H,9-16,20H2,1-8H3/t21-,24+,25-,26+,27?/m1/s1. The molecule has 246 valence electrons. The van der Waals surface area contributed by atoms with Gasteiger partial charge in [-0.2, -0.15) is 13.2 Å². The molecule has 2 aliphatic rings. The fourth-order valence-corrected chi connectivity index (χ4v) is 6.87. The highest BCUT2D eigenvalue weighted by Crippen LogP contribution is 2.47. The number of carbonyl (C=O) groups is 1. The van der Waals surface area contributed by atoms with Gasteiger partial charge in [-0.15, -0.1) is 0 Å². The van der Waals surface area contributed by atoms with Crippen LogP contribution in [0.5, 0.6) is 5.75 Å². The van der Waals surface area contributed by atoms with Crippen LogP contribution in [-0.2, 0) is 25.2 Å². The first kappa shape index (κ1) is 35.5. The largest absolute Gasteiger partial charge is 0.482 e. The maximum atomic E-state index is 13.5. The zero-order chi connectivity index (χ0) is 32.1. The van der Waals surface area contributed by atoms with Crippen molar-refractivity contribution in [2.75, 3.05) is 26.7 Å². The number of hydrogen-bond acceptors (Lipinski definition) is 8. The average molecular weight is 616 g/mol. The Hall–Kier alpha value is -1.95. The number of ether oxygens (including phenoxy) is 4. The number of aromatic nitrogens is 1.